The van der Waals surface area contributed by atoms with E-state index in [9.17, 15) is 19.1 Å². The molecule has 1 unspecified atom stereocenters. The Morgan fingerprint density at radius 3 is 2.50 bits per heavy atom. The molecule has 1 aromatic heterocycles. The lowest BCUT2D eigenvalue weighted by molar-refractivity contribution is -0.136. The fourth-order valence-electron chi connectivity index (χ4n) is 2.46. The number of carbonyl (C=O) groups excluding carboxylic acids is 2. The summed E-state index contributed by atoms with van der Waals surface area (Å²) in [6, 6.07) is 14.8. The van der Waals surface area contributed by atoms with Crippen LogP contribution in [-0.2, 0) is 9.59 Å². The summed E-state index contributed by atoms with van der Waals surface area (Å²) in [5.74, 6) is -2.49. The van der Waals surface area contributed by atoms with Crippen molar-refractivity contribution in [3.8, 4) is 10.4 Å². The van der Waals surface area contributed by atoms with Crippen molar-refractivity contribution >= 4 is 40.4 Å². The molecule has 1 heterocycles. The fraction of sp³-hybridized carbons (Fsp3) is 0.100. The molecule has 8 heteroatoms. The van der Waals surface area contributed by atoms with Crippen molar-refractivity contribution in [3.63, 3.8) is 0 Å². The quantitative estimate of drug-likeness (QED) is 0.548. The summed E-state index contributed by atoms with van der Waals surface area (Å²) in [6.07, 6.45) is -0.964. The molecule has 0 aliphatic heterocycles. The largest absolute Gasteiger partial charge is 0.387 e. The van der Waals surface area contributed by atoms with Gasteiger partial charge in [-0.25, -0.2) is 4.39 Å². The van der Waals surface area contributed by atoms with Gasteiger partial charge < -0.3 is 15.7 Å². The van der Waals surface area contributed by atoms with Gasteiger partial charge in [0, 0.05) is 17.1 Å². The van der Waals surface area contributed by atoms with E-state index in [0.29, 0.717) is 5.56 Å². The van der Waals surface area contributed by atoms with Gasteiger partial charge in [-0.05, 0) is 40.8 Å². The van der Waals surface area contributed by atoms with Crippen molar-refractivity contribution in [2.24, 2.45) is 0 Å². The highest BCUT2D eigenvalue weighted by Crippen LogP contribution is 2.26. The van der Waals surface area contributed by atoms with Crippen LogP contribution < -0.4 is 10.6 Å². The Labute approximate surface area is 169 Å². The molecule has 0 saturated heterocycles. The number of benzene rings is 2. The normalized spacial score (nSPS) is 11.7. The Morgan fingerprint density at radius 1 is 1.11 bits per heavy atom. The number of aliphatic hydroxyl groups excluding tert-OH is 1. The van der Waals surface area contributed by atoms with E-state index in [1.807, 2.05) is 29.6 Å². The van der Waals surface area contributed by atoms with Crippen molar-refractivity contribution in [2.75, 3.05) is 11.9 Å². The van der Waals surface area contributed by atoms with Crippen molar-refractivity contribution < 1.29 is 19.1 Å². The summed E-state index contributed by atoms with van der Waals surface area (Å²) >= 11 is 7.25. The first-order chi connectivity index (χ1) is 13.4. The van der Waals surface area contributed by atoms with Crippen molar-refractivity contribution in [1.29, 1.82) is 0 Å². The number of anilines is 1. The zero-order chi connectivity index (χ0) is 20.1. The third-order valence-electron chi connectivity index (χ3n) is 3.94. The van der Waals surface area contributed by atoms with Crippen LogP contribution in [0.1, 0.15) is 11.7 Å². The predicted molar refractivity (Wildman–Crippen MR) is 108 cm³/mol. The third-order valence-corrected chi connectivity index (χ3v) is 5.15. The van der Waals surface area contributed by atoms with Crippen LogP contribution in [0.25, 0.3) is 10.4 Å². The van der Waals surface area contributed by atoms with Crippen LogP contribution in [-0.4, -0.2) is 23.5 Å². The predicted octanol–water partition coefficient (Wildman–Crippen LogP) is 4.00. The number of nitrogens with one attached hydrogen (secondary N) is 2. The van der Waals surface area contributed by atoms with E-state index in [1.165, 1.54) is 12.1 Å². The monoisotopic (exact) mass is 418 g/mol. The van der Waals surface area contributed by atoms with Gasteiger partial charge in [0.05, 0.1) is 11.1 Å². The number of aliphatic hydroxyl groups is 1. The number of rotatable bonds is 5. The SMILES string of the molecule is O=C(NCC(O)c1ccc(-c2cccs2)cc1)C(=O)Nc1ccc(F)c(Cl)c1. The van der Waals surface area contributed by atoms with Gasteiger partial charge in [0.15, 0.2) is 0 Å². The number of thiophene rings is 1. The number of amides is 2. The van der Waals surface area contributed by atoms with E-state index in [2.05, 4.69) is 10.6 Å². The zero-order valence-corrected chi connectivity index (χ0v) is 16.1. The second-order valence-electron chi connectivity index (χ2n) is 5.91. The van der Waals surface area contributed by atoms with Gasteiger partial charge in [-0.1, -0.05) is 41.9 Å². The third kappa shape index (κ3) is 4.95. The molecule has 0 radical (unpaired) electrons. The maximum Gasteiger partial charge on any atom is 0.313 e. The minimum atomic E-state index is -0.964. The molecular formula is C20H16ClFN2O3S. The lowest BCUT2D eigenvalue weighted by atomic mass is 10.1. The Bertz CT molecular complexity index is 978. The molecule has 3 rings (SSSR count). The van der Waals surface area contributed by atoms with Crippen LogP contribution in [0.15, 0.2) is 60.0 Å². The summed E-state index contributed by atoms with van der Waals surface area (Å²) in [7, 11) is 0. The molecule has 0 spiro atoms. The van der Waals surface area contributed by atoms with Crippen LogP contribution in [0.4, 0.5) is 10.1 Å². The average Bonchev–Trinajstić information content (AvgIpc) is 3.23. The topological polar surface area (TPSA) is 78.4 Å². The van der Waals surface area contributed by atoms with Crippen molar-refractivity contribution in [1.82, 2.24) is 5.32 Å². The highest BCUT2D eigenvalue weighted by molar-refractivity contribution is 7.13. The van der Waals surface area contributed by atoms with E-state index in [4.69, 9.17) is 11.6 Å². The van der Waals surface area contributed by atoms with Gasteiger partial charge in [0.25, 0.3) is 0 Å². The van der Waals surface area contributed by atoms with E-state index < -0.39 is 23.7 Å². The summed E-state index contributed by atoms with van der Waals surface area (Å²) in [5.41, 5.74) is 1.84. The molecule has 0 fully saturated rings. The highest BCUT2D eigenvalue weighted by atomic mass is 35.5. The Kier molecular flexibility index (Phi) is 6.41. The maximum absolute atomic E-state index is 13.1. The molecule has 144 valence electrons. The fourth-order valence-corrected chi connectivity index (χ4v) is 3.38. The molecular weight excluding hydrogens is 403 g/mol. The summed E-state index contributed by atoms with van der Waals surface area (Å²) in [4.78, 5) is 24.9. The molecule has 2 aromatic carbocycles. The molecule has 1 atom stereocenters. The second kappa shape index (κ2) is 8.97. The van der Waals surface area contributed by atoms with Crippen molar-refractivity contribution in [2.45, 2.75) is 6.10 Å². The highest BCUT2D eigenvalue weighted by Gasteiger charge is 2.16. The minimum absolute atomic E-state index is 0.130. The van der Waals surface area contributed by atoms with E-state index in [-0.39, 0.29) is 17.3 Å². The second-order valence-corrected chi connectivity index (χ2v) is 7.26. The molecule has 0 aliphatic carbocycles. The Morgan fingerprint density at radius 2 is 1.86 bits per heavy atom. The lowest BCUT2D eigenvalue weighted by Crippen LogP contribution is -2.37. The van der Waals surface area contributed by atoms with Gasteiger partial charge in [-0.3, -0.25) is 9.59 Å². The lowest BCUT2D eigenvalue weighted by Gasteiger charge is -2.13. The average molecular weight is 419 g/mol. The zero-order valence-electron chi connectivity index (χ0n) is 14.5. The number of hydrogen-bond donors (Lipinski definition) is 3. The smallest absolute Gasteiger partial charge is 0.313 e. The molecule has 3 N–H and O–H groups in total. The van der Waals surface area contributed by atoms with Gasteiger partial charge in [-0.2, -0.15) is 0 Å². The van der Waals surface area contributed by atoms with Crippen LogP contribution in [0.5, 0.6) is 0 Å². The molecule has 5 nitrogen and oxygen atoms in total. The Hall–Kier alpha value is -2.74. The molecule has 28 heavy (non-hydrogen) atoms. The number of hydrogen-bond acceptors (Lipinski definition) is 4. The first kappa shape index (κ1) is 20.0. The summed E-state index contributed by atoms with van der Waals surface area (Å²) in [6.45, 7) is -0.130. The maximum atomic E-state index is 13.1. The van der Waals surface area contributed by atoms with Gasteiger partial charge >= 0.3 is 11.8 Å². The molecule has 0 bridgehead atoms. The van der Waals surface area contributed by atoms with Gasteiger partial charge in [-0.15, -0.1) is 11.3 Å². The molecule has 0 aliphatic rings. The van der Waals surface area contributed by atoms with Gasteiger partial charge in [0.1, 0.15) is 5.82 Å². The number of halogens is 2. The van der Waals surface area contributed by atoms with E-state index in [1.54, 1.807) is 23.5 Å². The van der Waals surface area contributed by atoms with Crippen LogP contribution in [0, 0.1) is 5.82 Å². The number of carbonyl (C=O) groups is 2. The van der Waals surface area contributed by atoms with Crippen molar-refractivity contribution in [3.05, 3.63) is 76.4 Å². The summed E-state index contributed by atoms with van der Waals surface area (Å²) < 4.78 is 13.1. The van der Waals surface area contributed by atoms with E-state index in [0.717, 1.165) is 16.5 Å². The first-order valence-electron chi connectivity index (χ1n) is 8.30. The van der Waals surface area contributed by atoms with Crippen LogP contribution in [0.3, 0.4) is 0 Å². The Balaban J connectivity index is 1.53. The summed E-state index contributed by atoms with van der Waals surface area (Å²) in [5, 5.41) is 16.7. The molecule has 2 amide bonds. The molecule has 3 aromatic rings. The molecule has 0 saturated carbocycles. The van der Waals surface area contributed by atoms with E-state index >= 15 is 0 Å². The standard InChI is InChI=1S/C20H16ClFN2O3S/c21-15-10-14(7-8-16(15)22)24-20(27)19(26)23-11-17(25)12-3-5-13(6-4-12)18-2-1-9-28-18/h1-10,17,25H,11H2,(H,23,26)(H,24,27). The van der Waals surface area contributed by atoms with Crippen LogP contribution in [0.2, 0.25) is 5.02 Å². The minimum Gasteiger partial charge on any atom is -0.387 e. The van der Waals surface area contributed by atoms with Gasteiger partial charge in [0.2, 0.25) is 0 Å². The van der Waals surface area contributed by atoms with Crippen LogP contribution >= 0.6 is 22.9 Å². The first-order valence-corrected chi connectivity index (χ1v) is 9.56.